The fourth-order valence-electron chi connectivity index (χ4n) is 6.44. The molecular formula is C37H53N3O4. The molecule has 0 bridgehead atoms. The number of rotatable bonds is 9. The topological polar surface area (TPSA) is 87.7 Å². The molecule has 7 nitrogen and oxygen atoms in total. The molecule has 2 N–H and O–H groups in total. The van der Waals surface area contributed by atoms with Gasteiger partial charge in [0.2, 0.25) is 17.7 Å². The summed E-state index contributed by atoms with van der Waals surface area (Å²) in [5, 5.41) is 6.37. The highest BCUT2D eigenvalue weighted by atomic mass is 16.5. The van der Waals surface area contributed by atoms with Crippen LogP contribution in [0.15, 0.2) is 42.5 Å². The number of fused-ring (bicyclic) bond motifs is 2. The van der Waals surface area contributed by atoms with E-state index in [-0.39, 0.29) is 46.6 Å². The molecule has 2 aromatic carbocycles. The summed E-state index contributed by atoms with van der Waals surface area (Å²) in [5.41, 5.74) is 3.81. The first kappa shape index (κ1) is 33.5. The second-order valence-electron chi connectivity index (χ2n) is 14.8. The maximum atomic E-state index is 14.5. The van der Waals surface area contributed by atoms with E-state index in [0.29, 0.717) is 25.9 Å². The number of hydrogen-bond acceptors (Lipinski definition) is 4. The second kappa shape index (κ2) is 13.7. The van der Waals surface area contributed by atoms with Crippen molar-refractivity contribution in [2.75, 3.05) is 6.54 Å². The minimum atomic E-state index is -0.627. The maximum Gasteiger partial charge on any atom is 0.243 e. The average molecular weight is 604 g/mol. The van der Waals surface area contributed by atoms with Crippen molar-refractivity contribution in [3.05, 3.63) is 64.7 Å². The predicted octanol–water partition coefficient (Wildman–Crippen LogP) is 6.53. The summed E-state index contributed by atoms with van der Waals surface area (Å²) in [4.78, 5) is 43.0. The first-order chi connectivity index (χ1) is 20.7. The molecule has 7 heteroatoms. The molecule has 4 atom stereocenters. The summed E-state index contributed by atoms with van der Waals surface area (Å²) in [6.07, 6.45) is 4.63. The standard InChI is InChI=1S/C37H53N3O4/c1-9-24(2)33(41)38-20-19-30(36(3,4)5)35(43)40-23-27-21-28(44-37(6,7)8)18-17-26(27)22-32(40)34(42)39-31-16-12-14-25-13-10-11-15-29(25)31/h10-11,13,15,17-18,21,24,30-32H,9,12,14,16,19-20,22-23H2,1-8H3,(H,38,41)(H,39,42)/t24-,30-,31?,32?/m1/s1. The number of ether oxygens (including phenoxy) is 1. The highest BCUT2D eigenvalue weighted by molar-refractivity contribution is 5.90. The maximum absolute atomic E-state index is 14.5. The van der Waals surface area contributed by atoms with Crippen LogP contribution in [-0.4, -0.2) is 40.8 Å². The number of carbonyl (C=O) groups excluding carboxylic acids is 3. The van der Waals surface area contributed by atoms with Crippen molar-refractivity contribution in [2.45, 2.75) is 118 Å². The Morgan fingerprint density at radius 2 is 1.73 bits per heavy atom. The molecule has 1 aliphatic heterocycles. The van der Waals surface area contributed by atoms with Crippen molar-refractivity contribution in [2.24, 2.45) is 17.3 Å². The minimum absolute atomic E-state index is 0.0101. The molecule has 0 aromatic heterocycles. The van der Waals surface area contributed by atoms with Gasteiger partial charge in [-0.1, -0.05) is 65.0 Å². The van der Waals surface area contributed by atoms with Crippen LogP contribution in [0.2, 0.25) is 0 Å². The smallest absolute Gasteiger partial charge is 0.243 e. The number of amides is 3. The summed E-state index contributed by atoms with van der Waals surface area (Å²) >= 11 is 0. The van der Waals surface area contributed by atoms with E-state index >= 15 is 0 Å². The molecule has 1 aliphatic carbocycles. The monoisotopic (exact) mass is 603 g/mol. The largest absolute Gasteiger partial charge is 0.488 e. The van der Waals surface area contributed by atoms with Gasteiger partial charge in [-0.3, -0.25) is 14.4 Å². The Morgan fingerprint density at radius 1 is 1.00 bits per heavy atom. The third-order valence-electron chi connectivity index (χ3n) is 9.14. The van der Waals surface area contributed by atoms with Gasteiger partial charge in [-0.25, -0.2) is 0 Å². The number of aryl methyl sites for hydroxylation is 1. The van der Waals surface area contributed by atoms with Crippen LogP contribution in [0.25, 0.3) is 0 Å². The van der Waals surface area contributed by atoms with E-state index in [2.05, 4.69) is 49.6 Å². The summed E-state index contributed by atoms with van der Waals surface area (Å²) in [6.45, 7) is 16.9. The Kier molecular flexibility index (Phi) is 10.5. The Balaban J connectivity index is 1.63. The summed E-state index contributed by atoms with van der Waals surface area (Å²) < 4.78 is 6.15. The van der Waals surface area contributed by atoms with Crippen LogP contribution in [-0.2, 0) is 33.8 Å². The minimum Gasteiger partial charge on any atom is -0.488 e. The van der Waals surface area contributed by atoms with Crippen LogP contribution in [0.3, 0.4) is 0 Å². The number of nitrogens with one attached hydrogen (secondary N) is 2. The number of nitrogens with zero attached hydrogens (tertiary/aromatic N) is 1. The van der Waals surface area contributed by atoms with E-state index in [9.17, 15) is 14.4 Å². The van der Waals surface area contributed by atoms with Crippen LogP contribution in [0.4, 0.5) is 0 Å². The zero-order valence-electron chi connectivity index (χ0n) is 28.1. The Morgan fingerprint density at radius 3 is 2.41 bits per heavy atom. The second-order valence-corrected chi connectivity index (χ2v) is 14.8. The first-order valence-electron chi connectivity index (χ1n) is 16.4. The molecule has 2 aromatic rings. The van der Waals surface area contributed by atoms with Crippen LogP contribution >= 0.6 is 0 Å². The van der Waals surface area contributed by atoms with Gasteiger partial charge in [-0.15, -0.1) is 0 Å². The van der Waals surface area contributed by atoms with Crippen LogP contribution in [0, 0.1) is 17.3 Å². The van der Waals surface area contributed by atoms with Gasteiger partial charge in [0, 0.05) is 31.3 Å². The zero-order chi connectivity index (χ0) is 32.2. The van der Waals surface area contributed by atoms with Crippen molar-refractivity contribution in [3.8, 4) is 5.75 Å². The normalized spacial score (nSPS) is 19.7. The molecule has 0 saturated heterocycles. The van der Waals surface area contributed by atoms with Gasteiger partial charge in [0.1, 0.15) is 17.4 Å². The van der Waals surface area contributed by atoms with Crippen molar-refractivity contribution in [3.63, 3.8) is 0 Å². The Bertz CT molecular complexity index is 1340. The SMILES string of the molecule is CC[C@@H](C)C(=O)NCC[C@H](C(=O)N1Cc2cc(OC(C)(C)C)ccc2CC1C(=O)NC1CCCc2ccccc21)C(C)(C)C. The molecular weight excluding hydrogens is 550 g/mol. The van der Waals surface area contributed by atoms with Gasteiger partial charge in [0.25, 0.3) is 0 Å². The molecule has 0 spiro atoms. The molecule has 240 valence electrons. The lowest BCUT2D eigenvalue weighted by Crippen LogP contribution is -2.56. The lowest BCUT2D eigenvalue weighted by molar-refractivity contribution is -0.148. The molecule has 4 rings (SSSR count). The fourth-order valence-corrected chi connectivity index (χ4v) is 6.44. The highest BCUT2D eigenvalue weighted by Crippen LogP contribution is 2.36. The van der Waals surface area contributed by atoms with Crippen LogP contribution in [0.1, 0.15) is 109 Å². The Hall–Kier alpha value is -3.35. The third-order valence-corrected chi connectivity index (χ3v) is 9.14. The summed E-state index contributed by atoms with van der Waals surface area (Å²) in [5.74, 6) is 0.160. The molecule has 2 aliphatic rings. The predicted molar refractivity (Wildman–Crippen MR) is 175 cm³/mol. The molecule has 0 fully saturated rings. The van der Waals surface area contributed by atoms with E-state index in [1.54, 1.807) is 4.90 Å². The van der Waals surface area contributed by atoms with Crippen molar-refractivity contribution >= 4 is 17.7 Å². The first-order valence-corrected chi connectivity index (χ1v) is 16.4. The third kappa shape index (κ3) is 8.22. The summed E-state index contributed by atoms with van der Waals surface area (Å²) in [7, 11) is 0. The van der Waals surface area contributed by atoms with Gasteiger partial charge in [0.15, 0.2) is 0 Å². The molecule has 1 heterocycles. The average Bonchev–Trinajstić information content (AvgIpc) is 2.96. The van der Waals surface area contributed by atoms with E-state index in [1.807, 2.05) is 58.9 Å². The van der Waals surface area contributed by atoms with E-state index in [1.165, 1.54) is 11.1 Å². The molecule has 44 heavy (non-hydrogen) atoms. The zero-order valence-corrected chi connectivity index (χ0v) is 28.1. The van der Waals surface area contributed by atoms with Crippen molar-refractivity contribution in [1.29, 1.82) is 0 Å². The van der Waals surface area contributed by atoms with Crippen molar-refractivity contribution < 1.29 is 19.1 Å². The number of benzene rings is 2. The lowest BCUT2D eigenvalue weighted by Gasteiger charge is -2.41. The molecule has 0 saturated carbocycles. The van der Waals surface area contributed by atoms with Crippen molar-refractivity contribution in [1.82, 2.24) is 15.5 Å². The van der Waals surface area contributed by atoms with E-state index in [4.69, 9.17) is 4.74 Å². The van der Waals surface area contributed by atoms with Crippen LogP contribution < -0.4 is 15.4 Å². The lowest BCUT2D eigenvalue weighted by atomic mass is 9.77. The van der Waals surface area contributed by atoms with Gasteiger partial charge < -0.3 is 20.3 Å². The highest BCUT2D eigenvalue weighted by Gasteiger charge is 2.42. The number of carbonyl (C=O) groups is 3. The van der Waals surface area contributed by atoms with Crippen LogP contribution in [0.5, 0.6) is 5.75 Å². The van der Waals surface area contributed by atoms with Gasteiger partial charge >= 0.3 is 0 Å². The fraction of sp³-hybridized carbons (Fsp3) is 0.595. The Labute approximate surface area is 264 Å². The number of hydrogen-bond donors (Lipinski definition) is 2. The quantitative estimate of drug-likeness (QED) is 0.341. The molecule has 2 unspecified atom stereocenters. The van der Waals surface area contributed by atoms with Gasteiger partial charge in [-0.2, -0.15) is 0 Å². The molecule has 0 radical (unpaired) electrons. The van der Waals surface area contributed by atoms with E-state index in [0.717, 1.165) is 42.6 Å². The molecule has 3 amide bonds. The van der Waals surface area contributed by atoms with Gasteiger partial charge in [0.05, 0.1) is 6.04 Å². The van der Waals surface area contributed by atoms with Gasteiger partial charge in [-0.05, 0) is 92.7 Å². The summed E-state index contributed by atoms with van der Waals surface area (Å²) in [6, 6.07) is 13.7. The van der Waals surface area contributed by atoms with E-state index < -0.39 is 6.04 Å².